The molecule has 0 N–H and O–H groups in total. The fourth-order valence-electron chi connectivity index (χ4n) is 8.81. The largest absolute Gasteiger partial charge is 0.310 e. The number of hydrogen-bond donors (Lipinski definition) is 0. The van der Waals surface area contributed by atoms with Crippen LogP contribution in [0.1, 0.15) is 49.9 Å². The normalized spacial score (nSPS) is 14.6. The first-order valence-corrected chi connectivity index (χ1v) is 19.3. The van der Waals surface area contributed by atoms with Gasteiger partial charge < -0.3 is 9.80 Å². The molecule has 0 unspecified atom stereocenters. The molecule has 7 aromatic carbocycles. The molecule has 270 valence electrons. The first kappa shape index (κ1) is 33.7. The lowest BCUT2D eigenvalue weighted by molar-refractivity contribution is 0.631. The van der Waals surface area contributed by atoms with E-state index in [4.69, 9.17) is 15.0 Å². The van der Waals surface area contributed by atoms with Gasteiger partial charge >= 0.3 is 0 Å². The molecule has 5 heteroatoms. The highest BCUT2D eigenvalue weighted by molar-refractivity contribution is 5.92. The number of para-hydroxylation sites is 4. The lowest BCUT2D eigenvalue weighted by Gasteiger charge is -2.43. The topological polar surface area (TPSA) is 45.2 Å². The van der Waals surface area contributed by atoms with Crippen LogP contribution in [0.25, 0.3) is 34.2 Å². The van der Waals surface area contributed by atoms with Crippen molar-refractivity contribution in [3.63, 3.8) is 0 Å². The molecule has 2 aliphatic heterocycles. The van der Waals surface area contributed by atoms with E-state index >= 15 is 0 Å². The first-order chi connectivity index (χ1) is 27.3. The highest BCUT2D eigenvalue weighted by Gasteiger charge is 2.39. The Bertz CT molecular complexity index is 2490. The van der Waals surface area contributed by atoms with E-state index in [-0.39, 0.29) is 10.8 Å². The zero-order chi connectivity index (χ0) is 38.0. The smallest absolute Gasteiger partial charge is 0.164 e. The van der Waals surface area contributed by atoms with E-state index in [1.165, 1.54) is 22.3 Å². The van der Waals surface area contributed by atoms with Gasteiger partial charge in [-0.3, -0.25) is 0 Å². The summed E-state index contributed by atoms with van der Waals surface area (Å²) in [5.74, 6) is 1.87. The second kappa shape index (κ2) is 12.9. The van der Waals surface area contributed by atoms with E-state index < -0.39 is 0 Å². The van der Waals surface area contributed by atoms with Gasteiger partial charge in [-0.2, -0.15) is 0 Å². The maximum Gasteiger partial charge on any atom is 0.164 e. The zero-order valence-electron chi connectivity index (χ0n) is 32.0. The minimum absolute atomic E-state index is 0.191. The van der Waals surface area contributed by atoms with Crippen molar-refractivity contribution in [2.75, 3.05) is 9.80 Å². The van der Waals surface area contributed by atoms with Crippen molar-refractivity contribution >= 4 is 34.1 Å². The molecule has 8 aromatic rings. The van der Waals surface area contributed by atoms with Gasteiger partial charge in [0.15, 0.2) is 17.5 Å². The highest BCUT2D eigenvalue weighted by Crippen LogP contribution is 2.55. The third-order valence-electron chi connectivity index (χ3n) is 11.6. The van der Waals surface area contributed by atoms with Crippen LogP contribution < -0.4 is 9.80 Å². The van der Waals surface area contributed by atoms with Crippen molar-refractivity contribution < 1.29 is 0 Å². The number of aromatic nitrogens is 3. The summed E-state index contributed by atoms with van der Waals surface area (Å²) in [7, 11) is 0. The zero-order valence-corrected chi connectivity index (χ0v) is 32.0. The fourth-order valence-corrected chi connectivity index (χ4v) is 8.81. The molecule has 0 radical (unpaired) electrons. The molecule has 0 aliphatic carbocycles. The van der Waals surface area contributed by atoms with Crippen molar-refractivity contribution in [3.8, 4) is 34.2 Å². The van der Waals surface area contributed by atoms with Crippen LogP contribution in [0, 0.1) is 0 Å². The molecule has 0 atom stereocenters. The predicted octanol–water partition coefficient (Wildman–Crippen LogP) is 13.1. The third-order valence-corrected chi connectivity index (χ3v) is 11.6. The standard InChI is InChI=1S/C51H41N5/c1-50(2)39-23-11-15-27-43(39)55(44-28-16-12-24-40(44)50)37-31-36(49-53-47(34-19-7-5-8-20-34)52-48(54-49)35-21-9-6-10-22-35)32-38(33-37)56-45-29-17-13-25-41(45)51(3,4)42-26-14-18-30-46(42)56/h5-33H,1-4H3. The quantitative estimate of drug-likeness (QED) is 0.177. The lowest BCUT2D eigenvalue weighted by Crippen LogP contribution is -2.31. The van der Waals surface area contributed by atoms with Gasteiger partial charge in [0.05, 0.1) is 22.7 Å². The minimum Gasteiger partial charge on any atom is -0.310 e. The summed E-state index contributed by atoms with van der Waals surface area (Å²) in [6.45, 7) is 9.31. The van der Waals surface area contributed by atoms with E-state index in [0.717, 1.165) is 50.8 Å². The van der Waals surface area contributed by atoms with Gasteiger partial charge in [-0.05, 0) is 64.7 Å². The summed E-state index contributed by atoms with van der Waals surface area (Å²) in [4.78, 5) is 20.3. The molecule has 1 aromatic heterocycles. The van der Waals surface area contributed by atoms with Gasteiger partial charge in [-0.25, -0.2) is 15.0 Å². The van der Waals surface area contributed by atoms with E-state index in [1.807, 2.05) is 36.4 Å². The summed E-state index contributed by atoms with van der Waals surface area (Å²) < 4.78 is 0. The average Bonchev–Trinajstić information content (AvgIpc) is 3.24. The maximum atomic E-state index is 5.24. The summed E-state index contributed by atoms with van der Waals surface area (Å²) >= 11 is 0. The van der Waals surface area contributed by atoms with Crippen molar-refractivity contribution in [3.05, 3.63) is 198 Å². The van der Waals surface area contributed by atoms with Crippen LogP contribution in [0.4, 0.5) is 34.1 Å². The number of fused-ring (bicyclic) bond motifs is 4. The van der Waals surface area contributed by atoms with Crippen LogP contribution in [-0.4, -0.2) is 15.0 Å². The first-order valence-electron chi connectivity index (χ1n) is 19.3. The Balaban J connectivity index is 1.28. The molecule has 56 heavy (non-hydrogen) atoms. The van der Waals surface area contributed by atoms with Gasteiger partial charge in [-0.1, -0.05) is 161 Å². The van der Waals surface area contributed by atoms with E-state index in [2.05, 4.69) is 177 Å². The number of benzene rings is 7. The monoisotopic (exact) mass is 723 g/mol. The summed E-state index contributed by atoms with van der Waals surface area (Å²) in [5, 5.41) is 0. The molecule has 3 heterocycles. The van der Waals surface area contributed by atoms with E-state index in [9.17, 15) is 0 Å². The molecule has 0 saturated carbocycles. The predicted molar refractivity (Wildman–Crippen MR) is 230 cm³/mol. The van der Waals surface area contributed by atoms with Gasteiger partial charge in [-0.15, -0.1) is 0 Å². The van der Waals surface area contributed by atoms with Crippen molar-refractivity contribution in [1.82, 2.24) is 15.0 Å². The van der Waals surface area contributed by atoms with Crippen molar-refractivity contribution in [1.29, 1.82) is 0 Å². The molecule has 10 rings (SSSR count). The molecule has 0 amide bonds. The molecule has 0 spiro atoms. The Kier molecular flexibility index (Phi) is 7.75. The third kappa shape index (κ3) is 5.34. The van der Waals surface area contributed by atoms with Crippen LogP contribution in [-0.2, 0) is 10.8 Å². The summed E-state index contributed by atoms with van der Waals surface area (Å²) in [5.41, 5.74) is 14.2. The molecule has 5 nitrogen and oxygen atoms in total. The molecule has 2 aliphatic rings. The second-order valence-electron chi connectivity index (χ2n) is 15.8. The molecular formula is C51H41N5. The lowest BCUT2D eigenvalue weighted by atomic mass is 9.73. The van der Waals surface area contributed by atoms with Gasteiger partial charge in [0, 0.05) is 38.9 Å². The molecular weight excluding hydrogens is 683 g/mol. The molecule has 0 bridgehead atoms. The van der Waals surface area contributed by atoms with Gasteiger partial charge in [0.1, 0.15) is 0 Å². The number of hydrogen-bond acceptors (Lipinski definition) is 5. The number of nitrogens with zero attached hydrogens (tertiary/aromatic N) is 5. The Morgan fingerprint density at radius 2 is 0.607 bits per heavy atom. The Morgan fingerprint density at radius 3 is 0.946 bits per heavy atom. The van der Waals surface area contributed by atoms with Crippen LogP contribution in [0.5, 0.6) is 0 Å². The van der Waals surface area contributed by atoms with E-state index in [1.54, 1.807) is 0 Å². The number of anilines is 6. The van der Waals surface area contributed by atoms with Gasteiger partial charge in [0.25, 0.3) is 0 Å². The second-order valence-corrected chi connectivity index (χ2v) is 15.8. The summed E-state index contributed by atoms with van der Waals surface area (Å²) in [6.07, 6.45) is 0. The highest BCUT2D eigenvalue weighted by atomic mass is 15.2. The molecule has 0 fully saturated rings. The fraction of sp³-hybridized carbons (Fsp3) is 0.118. The van der Waals surface area contributed by atoms with Crippen LogP contribution in [0.15, 0.2) is 176 Å². The molecule has 0 saturated heterocycles. The van der Waals surface area contributed by atoms with E-state index in [0.29, 0.717) is 17.5 Å². The van der Waals surface area contributed by atoms with Gasteiger partial charge in [0.2, 0.25) is 0 Å². The Morgan fingerprint density at radius 1 is 0.321 bits per heavy atom. The van der Waals surface area contributed by atoms with Crippen LogP contribution in [0.2, 0.25) is 0 Å². The summed E-state index contributed by atoms with van der Waals surface area (Å²) in [6, 6.07) is 62.5. The SMILES string of the molecule is CC1(C)c2ccccc2N(c2cc(-c3nc(-c4ccccc4)nc(-c4ccccc4)n3)cc(N3c4ccccc4C(C)(C)c4ccccc43)c2)c2ccccc21. The number of rotatable bonds is 5. The van der Waals surface area contributed by atoms with Crippen molar-refractivity contribution in [2.45, 2.75) is 38.5 Å². The minimum atomic E-state index is -0.191. The van der Waals surface area contributed by atoms with Crippen LogP contribution >= 0.6 is 0 Å². The average molecular weight is 724 g/mol. The Hall–Kier alpha value is -6.85. The Labute approximate surface area is 328 Å². The van der Waals surface area contributed by atoms with Crippen molar-refractivity contribution in [2.24, 2.45) is 0 Å². The maximum absolute atomic E-state index is 5.24. The van der Waals surface area contributed by atoms with Crippen LogP contribution in [0.3, 0.4) is 0 Å².